The normalized spacial score (nSPS) is 15.9. The summed E-state index contributed by atoms with van der Waals surface area (Å²) in [5.41, 5.74) is 0.735. The third kappa shape index (κ3) is 4.12. The molecule has 0 unspecified atom stereocenters. The van der Waals surface area contributed by atoms with E-state index in [1.165, 1.54) is 0 Å². The van der Waals surface area contributed by atoms with Crippen LogP contribution in [0.2, 0.25) is 0 Å². The van der Waals surface area contributed by atoms with Gasteiger partial charge in [0.1, 0.15) is 11.5 Å². The highest BCUT2D eigenvalue weighted by molar-refractivity contribution is 5.86. The maximum Gasteiger partial charge on any atom is 0.176 e. The molecule has 0 spiro atoms. The van der Waals surface area contributed by atoms with Gasteiger partial charge in [-0.15, -0.1) is 0 Å². The number of hydrogen-bond acceptors (Lipinski definition) is 5. The van der Waals surface area contributed by atoms with Crippen molar-refractivity contribution < 1.29 is 13.9 Å². The summed E-state index contributed by atoms with van der Waals surface area (Å²) < 4.78 is 11.4. The van der Waals surface area contributed by atoms with Crippen LogP contribution < -0.4 is 10.1 Å². The minimum Gasteiger partial charge on any atom is -0.490 e. The Labute approximate surface area is 136 Å². The number of fused-ring (bicyclic) bond motifs is 1. The molecule has 0 amide bonds. The van der Waals surface area contributed by atoms with E-state index < -0.39 is 0 Å². The van der Waals surface area contributed by atoms with E-state index in [-0.39, 0.29) is 5.78 Å². The maximum atomic E-state index is 12.2. The van der Waals surface area contributed by atoms with Gasteiger partial charge in [-0.05, 0) is 19.1 Å². The second-order valence-electron chi connectivity index (χ2n) is 5.88. The van der Waals surface area contributed by atoms with Crippen LogP contribution in [0.25, 0.3) is 11.0 Å². The molecule has 1 N–H and O–H groups in total. The molecule has 23 heavy (non-hydrogen) atoms. The molecule has 2 aromatic rings. The van der Waals surface area contributed by atoms with Crippen molar-refractivity contribution in [3.8, 4) is 5.75 Å². The summed E-state index contributed by atoms with van der Waals surface area (Å²) in [6.07, 6.45) is 0.932. The van der Waals surface area contributed by atoms with E-state index in [4.69, 9.17) is 9.15 Å². The number of piperazine rings is 1. The molecule has 1 aromatic heterocycles. The van der Waals surface area contributed by atoms with E-state index in [1.807, 2.05) is 31.2 Å². The first kappa shape index (κ1) is 16.0. The number of nitrogens with zero attached hydrogens (tertiary/aromatic N) is 1. The second-order valence-corrected chi connectivity index (χ2v) is 5.88. The number of furan rings is 1. The molecule has 0 radical (unpaired) electrons. The quantitative estimate of drug-likeness (QED) is 0.849. The van der Waals surface area contributed by atoms with Crippen molar-refractivity contribution in [1.82, 2.24) is 10.2 Å². The summed E-state index contributed by atoms with van der Waals surface area (Å²) in [5, 5.41) is 4.31. The number of ketones is 1. The molecule has 0 aliphatic carbocycles. The van der Waals surface area contributed by atoms with Gasteiger partial charge in [-0.2, -0.15) is 0 Å². The third-order valence-electron chi connectivity index (χ3n) is 4.15. The minimum atomic E-state index is 0.223. The van der Waals surface area contributed by atoms with Crippen molar-refractivity contribution in [2.45, 2.75) is 19.8 Å². The standard InChI is InChI=1S/C18H24N2O3/c1-2-22-17-5-3-4-14-12-16(23-18(14)17)13-15(21)6-9-20-10-7-19-8-11-20/h3-5,12,19H,2,6-11,13H2,1H3. The SMILES string of the molecule is CCOc1cccc2cc(CC(=O)CCN3CCNCC3)oc12. The van der Waals surface area contributed by atoms with Gasteiger partial charge in [0, 0.05) is 44.5 Å². The molecule has 2 heterocycles. The molecule has 1 aliphatic rings. The van der Waals surface area contributed by atoms with Crippen molar-refractivity contribution >= 4 is 16.8 Å². The van der Waals surface area contributed by atoms with E-state index >= 15 is 0 Å². The number of hydrogen-bond donors (Lipinski definition) is 1. The molecular weight excluding hydrogens is 292 g/mol. The van der Waals surface area contributed by atoms with Crippen LogP contribution in [0, 0.1) is 0 Å². The van der Waals surface area contributed by atoms with Crippen LogP contribution in [0.1, 0.15) is 19.1 Å². The molecule has 5 heteroatoms. The largest absolute Gasteiger partial charge is 0.490 e. The van der Waals surface area contributed by atoms with Crippen molar-refractivity contribution in [2.24, 2.45) is 0 Å². The lowest BCUT2D eigenvalue weighted by Gasteiger charge is -2.26. The third-order valence-corrected chi connectivity index (χ3v) is 4.15. The van der Waals surface area contributed by atoms with Crippen molar-refractivity contribution in [2.75, 3.05) is 39.3 Å². The molecule has 0 atom stereocenters. The van der Waals surface area contributed by atoms with E-state index in [9.17, 15) is 4.79 Å². The monoisotopic (exact) mass is 316 g/mol. The highest BCUT2D eigenvalue weighted by Gasteiger charge is 2.14. The number of carbonyl (C=O) groups excluding carboxylic acids is 1. The Bertz CT molecular complexity index is 659. The average Bonchev–Trinajstić information content (AvgIpc) is 2.97. The zero-order valence-electron chi connectivity index (χ0n) is 13.6. The Morgan fingerprint density at radius 3 is 2.96 bits per heavy atom. The zero-order valence-corrected chi connectivity index (χ0v) is 13.6. The lowest BCUT2D eigenvalue weighted by molar-refractivity contribution is -0.119. The van der Waals surface area contributed by atoms with E-state index in [0.717, 1.165) is 55.2 Å². The number of rotatable bonds is 7. The van der Waals surface area contributed by atoms with Crippen molar-refractivity contribution in [3.63, 3.8) is 0 Å². The number of benzene rings is 1. The summed E-state index contributed by atoms with van der Waals surface area (Å²) in [6, 6.07) is 7.76. The Balaban J connectivity index is 1.59. The Kier molecular flexibility index (Phi) is 5.31. The molecule has 0 saturated carbocycles. The van der Waals surface area contributed by atoms with Crippen LogP contribution in [-0.4, -0.2) is 50.0 Å². The first-order chi connectivity index (χ1) is 11.3. The van der Waals surface area contributed by atoms with Gasteiger partial charge in [0.05, 0.1) is 13.0 Å². The Hall–Kier alpha value is -1.85. The smallest absolute Gasteiger partial charge is 0.176 e. The highest BCUT2D eigenvalue weighted by atomic mass is 16.5. The van der Waals surface area contributed by atoms with E-state index in [1.54, 1.807) is 0 Å². The molecule has 1 saturated heterocycles. The molecule has 1 fully saturated rings. The van der Waals surface area contributed by atoms with E-state index in [0.29, 0.717) is 19.4 Å². The highest BCUT2D eigenvalue weighted by Crippen LogP contribution is 2.29. The minimum absolute atomic E-state index is 0.223. The first-order valence-electron chi connectivity index (χ1n) is 8.35. The summed E-state index contributed by atoms with van der Waals surface area (Å²) in [6.45, 7) is 7.45. The second kappa shape index (κ2) is 7.62. The number of para-hydroxylation sites is 1. The predicted octanol–water partition coefficient (Wildman–Crippen LogP) is 2.24. The van der Waals surface area contributed by atoms with Crippen LogP contribution in [0.3, 0.4) is 0 Å². The van der Waals surface area contributed by atoms with Crippen LogP contribution in [-0.2, 0) is 11.2 Å². The zero-order chi connectivity index (χ0) is 16.1. The van der Waals surface area contributed by atoms with Gasteiger partial charge in [-0.25, -0.2) is 0 Å². The van der Waals surface area contributed by atoms with Gasteiger partial charge >= 0.3 is 0 Å². The van der Waals surface area contributed by atoms with Crippen LogP contribution in [0.15, 0.2) is 28.7 Å². The van der Waals surface area contributed by atoms with Gasteiger partial charge in [0.2, 0.25) is 0 Å². The van der Waals surface area contributed by atoms with E-state index in [2.05, 4.69) is 10.2 Å². The van der Waals surface area contributed by atoms with Crippen molar-refractivity contribution in [1.29, 1.82) is 0 Å². The van der Waals surface area contributed by atoms with Gasteiger partial charge in [0.25, 0.3) is 0 Å². The molecule has 1 aliphatic heterocycles. The Morgan fingerprint density at radius 2 is 2.17 bits per heavy atom. The van der Waals surface area contributed by atoms with Crippen LogP contribution in [0.4, 0.5) is 0 Å². The average molecular weight is 316 g/mol. The number of ether oxygens (including phenoxy) is 1. The lowest BCUT2D eigenvalue weighted by Crippen LogP contribution is -2.44. The van der Waals surface area contributed by atoms with Gasteiger partial charge in [-0.1, -0.05) is 12.1 Å². The molecule has 1 aromatic carbocycles. The number of carbonyl (C=O) groups is 1. The first-order valence-corrected chi connectivity index (χ1v) is 8.35. The van der Waals surface area contributed by atoms with Gasteiger partial charge in [-0.3, -0.25) is 4.79 Å². The number of Topliss-reactive ketones (excluding diaryl/α,β-unsaturated/α-hetero) is 1. The van der Waals surface area contributed by atoms with Crippen molar-refractivity contribution in [3.05, 3.63) is 30.0 Å². The molecule has 0 bridgehead atoms. The summed E-state index contributed by atoms with van der Waals surface area (Å²) in [4.78, 5) is 14.5. The molecular formula is C18H24N2O3. The predicted molar refractivity (Wildman–Crippen MR) is 90.0 cm³/mol. The van der Waals surface area contributed by atoms with Crippen LogP contribution in [0.5, 0.6) is 5.75 Å². The summed E-state index contributed by atoms with van der Waals surface area (Å²) in [5.74, 6) is 1.68. The molecule has 124 valence electrons. The van der Waals surface area contributed by atoms with Crippen LogP contribution >= 0.6 is 0 Å². The fourth-order valence-electron chi connectivity index (χ4n) is 2.95. The molecule has 5 nitrogen and oxygen atoms in total. The number of nitrogens with one attached hydrogen (secondary N) is 1. The van der Waals surface area contributed by atoms with Gasteiger partial charge in [0.15, 0.2) is 11.3 Å². The Morgan fingerprint density at radius 1 is 1.35 bits per heavy atom. The van der Waals surface area contributed by atoms with Gasteiger partial charge < -0.3 is 19.4 Å². The maximum absolute atomic E-state index is 12.2. The fourth-order valence-corrected chi connectivity index (χ4v) is 2.95. The molecule has 3 rings (SSSR count). The fraction of sp³-hybridized carbons (Fsp3) is 0.500. The topological polar surface area (TPSA) is 54.7 Å². The summed E-state index contributed by atoms with van der Waals surface area (Å²) >= 11 is 0. The lowest BCUT2D eigenvalue weighted by atomic mass is 10.1. The summed E-state index contributed by atoms with van der Waals surface area (Å²) in [7, 11) is 0.